The van der Waals surface area contributed by atoms with E-state index in [1.807, 2.05) is 31.2 Å². The lowest BCUT2D eigenvalue weighted by Crippen LogP contribution is -2.44. The van der Waals surface area contributed by atoms with Crippen LogP contribution in [0.1, 0.15) is 24.0 Å². The van der Waals surface area contributed by atoms with Gasteiger partial charge in [0.05, 0.1) is 11.7 Å². The first-order valence-electron chi connectivity index (χ1n) is 10.2. The van der Waals surface area contributed by atoms with E-state index in [1.165, 1.54) is 15.6 Å². The highest BCUT2D eigenvalue weighted by molar-refractivity contribution is 7.88. The Balaban J connectivity index is 1.40. The number of rotatable bonds is 6. The Morgan fingerprint density at radius 2 is 2.00 bits per heavy atom. The van der Waals surface area contributed by atoms with Crippen LogP contribution in [-0.4, -0.2) is 41.9 Å². The molecule has 7 nitrogen and oxygen atoms in total. The van der Waals surface area contributed by atoms with Crippen LogP contribution >= 0.6 is 22.9 Å². The first-order chi connectivity index (χ1) is 15.3. The molecule has 0 saturated carbocycles. The standard InChI is InChI=1S/C22H23ClN4O3S2/c1-15-7-9-17(10-8-15)21-25-26-22(31-21)24-20(28)18-5-3-11-27(13-18)32(29,30)14-16-4-2-6-19(23)12-16/h2,4,6-10,12,18H,3,5,11,13-14H2,1H3,(H,24,26,28). The molecule has 0 spiro atoms. The van der Waals surface area contributed by atoms with E-state index in [4.69, 9.17) is 11.6 Å². The van der Waals surface area contributed by atoms with Gasteiger partial charge in [0.1, 0.15) is 5.01 Å². The van der Waals surface area contributed by atoms with Crippen LogP contribution in [0.3, 0.4) is 0 Å². The van der Waals surface area contributed by atoms with Gasteiger partial charge in [0.2, 0.25) is 21.1 Å². The average Bonchev–Trinajstić information content (AvgIpc) is 3.22. The zero-order valence-corrected chi connectivity index (χ0v) is 19.9. The zero-order valence-electron chi connectivity index (χ0n) is 17.5. The summed E-state index contributed by atoms with van der Waals surface area (Å²) in [5.74, 6) is -0.818. The summed E-state index contributed by atoms with van der Waals surface area (Å²) in [4.78, 5) is 12.8. The number of aromatic nitrogens is 2. The lowest BCUT2D eigenvalue weighted by molar-refractivity contribution is -0.120. The number of sulfonamides is 1. The molecule has 0 aliphatic carbocycles. The SMILES string of the molecule is Cc1ccc(-c2nnc(NC(=O)C3CCCN(S(=O)(=O)Cc4cccc(Cl)c4)C3)s2)cc1. The van der Waals surface area contributed by atoms with E-state index in [1.54, 1.807) is 24.3 Å². The minimum Gasteiger partial charge on any atom is -0.300 e. The molecular formula is C22H23ClN4O3S2. The molecule has 10 heteroatoms. The lowest BCUT2D eigenvalue weighted by atomic mass is 9.99. The predicted octanol–water partition coefficient (Wildman–Crippen LogP) is 4.35. The number of piperidine rings is 1. The van der Waals surface area contributed by atoms with Crippen LogP contribution in [0.2, 0.25) is 5.02 Å². The van der Waals surface area contributed by atoms with Gasteiger partial charge in [-0.15, -0.1) is 10.2 Å². The lowest BCUT2D eigenvalue weighted by Gasteiger charge is -2.31. The molecule has 3 aromatic rings. The highest BCUT2D eigenvalue weighted by Crippen LogP contribution is 2.28. The molecule has 1 unspecified atom stereocenters. The van der Waals surface area contributed by atoms with Gasteiger partial charge in [0.25, 0.3) is 0 Å². The summed E-state index contributed by atoms with van der Waals surface area (Å²) < 4.78 is 27.2. The second-order valence-electron chi connectivity index (χ2n) is 7.85. The minimum atomic E-state index is -3.56. The number of aryl methyl sites for hydroxylation is 1. The van der Waals surface area contributed by atoms with Gasteiger partial charge in [0, 0.05) is 23.7 Å². The third-order valence-electron chi connectivity index (χ3n) is 5.34. The van der Waals surface area contributed by atoms with Crippen molar-refractivity contribution in [1.29, 1.82) is 0 Å². The van der Waals surface area contributed by atoms with Crippen molar-refractivity contribution in [3.63, 3.8) is 0 Å². The van der Waals surface area contributed by atoms with Gasteiger partial charge in [-0.3, -0.25) is 4.79 Å². The molecule has 1 aliphatic rings. The van der Waals surface area contributed by atoms with E-state index >= 15 is 0 Å². The molecule has 2 aromatic carbocycles. The minimum absolute atomic E-state index is 0.141. The van der Waals surface area contributed by atoms with Crippen LogP contribution in [0.15, 0.2) is 48.5 Å². The molecule has 4 rings (SSSR count). The van der Waals surface area contributed by atoms with E-state index < -0.39 is 15.9 Å². The number of benzene rings is 2. The van der Waals surface area contributed by atoms with Crippen molar-refractivity contribution in [3.8, 4) is 10.6 Å². The Morgan fingerprint density at radius 1 is 1.22 bits per heavy atom. The van der Waals surface area contributed by atoms with Crippen molar-refractivity contribution < 1.29 is 13.2 Å². The van der Waals surface area contributed by atoms with Gasteiger partial charge in [-0.25, -0.2) is 12.7 Å². The highest BCUT2D eigenvalue weighted by Gasteiger charge is 2.32. The quantitative estimate of drug-likeness (QED) is 0.554. The predicted molar refractivity (Wildman–Crippen MR) is 127 cm³/mol. The van der Waals surface area contributed by atoms with Crippen molar-refractivity contribution in [2.45, 2.75) is 25.5 Å². The molecule has 32 heavy (non-hydrogen) atoms. The summed E-state index contributed by atoms with van der Waals surface area (Å²) in [6.07, 6.45) is 1.25. The molecule has 1 amide bonds. The van der Waals surface area contributed by atoms with Gasteiger partial charge in [-0.1, -0.05) is 64.9 Å². The topological polar surface area (TPSA) is 92.3 Å². The maximum atomic E-state index is 12.9. The van der Waals surface area contributed by atoms with E-state index in [0.717, 1.165) is 16.1 Å². The van der Waals surface area contributed by atoms with Crippen molar-refractivity contribution >= 4 is 44.0 Å². The van der Waals surface area contributed by atoms with Crippen molar-refractivity contribution in [1.82, 2.24) is 14.5 Å². The van der Waals surface area contributed by atoms with Gasteiger partial charge in [0.15, 0.2) is 0 Å². The van der Waals surface area contributed by atoms with E-state index in [-0.39, 0.29) is 18.2 Å². The summed E-state index contributed by atoms with van der Waals surface area (Å²) in [6, 6.07) is 14.7. The van der Waals surface area contributed by atoms with Gasteiger partial charge in [-0.05, 0) is 37.5 Å². The van der Waals surface area contributed by atoms with E-state index in [9.17, 15) is 13.2 Å². The summed E-state index contributed by atoms with van der Waals surface area (Å²) in [5.41, 5.74) is 2.71. The molecule has 2 heterocycles. The fraction of sp³-hybridized carbons (Fsp3) is 0.318. The van der Waals surface area contributed by atoms with Gasteiger partial charge >= 0.3 is 0 Å². The van der Waals surface area contributed by atoms with Gasteiger partial charge < -0.3 is 5.32 Å². The van der Waals surface area contributed by atoms with Crippen LogP contribution in [-0.2, 0) is 20.6 Å². The number of carbonyl (C=O) groups excluding carboxylic acids is 1. The zero-order chi connectivity index (χ0) is 22.7. The monoisotopic (exact) mass is 490 g/mol. The van der Waals surface area contributed by atoms with Crippen molar-refractivity contribution in [3.05, 3.63) is 64.7 Å². The fourth-order valence-corrected chi connectivity index (χ4v) is 6.19. The molecule has 168 valence electrons. The number of carbonyl (C=O) groups is 1. The summed E-state index contributed by atoms with van der Waals surface area (Å²) in [7, 11) is -3.56. The Hall–Kier alpha value is -2.33. The molecule has 0 bridgehead atoms. The Morgan fingerprint density at radius 3 is 2.75 bits per heavy atom. The number of nitrogens with one attached hydrogen (secondary N) is 1. The molecule has 1 aliphatic heterocycles. The molecular weight excluding hydrogens is 468 g/mol. The maximum Gasteiger partial charge on any atom is 0.230 e. The summed E-state index contributed by atoms with van der Waals surface area (Å²) in [5, 5.41) is 12.7. The molecule has 1 aromatic heterocycles. The van der Waals surface area contributed by atoms with Crippen LogP contribution in [0, 0.1) is 12.8 Å². The van der Waals surface area contributed by atoms with Crippen molar-refractivity contribution in [2.24, 2.45) is 5.92 Å². The number of halogens is 1. The Kier molecular flexibility index (Phi) is 6.90. The van der Waals surface area contributed by atoms with Gasteiger partial charge in [-0.2, -0.15) is 0 Å². The number of hydrogen-bond acceptors (Lipinski definition) is 6. The number of hydrogen-bond donors (Lipinski definition) is 1. The van der Waals surface area contributed by atoms with Crippen LogP contribution in [0.4, 0.5) is 5.13 Å². The molecule has 1 atom stereocenters. The second kappa shape index (κ2) is 9.66. The number of anilines is 1. The second-order valence-corrected chi connectivity index (χ2v) is 11.2. The van der Waals surface area contributed by atoms with E-state index in [0.29, 0.717) is 35.1 Å². The summed E-state index contributed by atoms with van der Waals surface area (Å²) in [6.45, 7) is 2.57. The first-order valence-corrected chi connectivity index (χ1v) is 13.0. The molecule has 1 N–H and O–H groups in total. The van der Waals surface area contributed by atoms with Crippen LogP contribution in [0.5, 0.6) is 0 Å². The molecule has 1 saturated heterocycles. The number of amides is 1. The van der Waals surface area contributed by atoms with Crippen molar-refractivity contribution in [2.75, 3.05) is 18.4 Å². The third-order valence-corrected chi connectivity index (χ3v) is 8.28. The first kappa shape index (κ1) is 22.8. The molecule has 1 fully saturated rings. The normalized spacial score (nSPS) is 17.2. The van der Waals surface area contributed by atoms with Crippen LogP contribution < -0.4 is 5.32 Å². The maximum absolute atomic E-state index is 12.9. The number of nitrogens with zero attached hydrogens (tertiary/aromatic N) is 3. The van der Waals surface area contributed by atoms with Crippen LogP contribution in [0.25, 0.3) is 10.6 Å². The fourth-order valence-electron chi connectivity index (χ4n) is 3.63. The van der Waals surface area contributed by atoms with E-state index in [2.05, 4.69) is 15.5 Å². The third kappa shape index (κ3) is 5.53. The Labute approximate surface area is 196 Å². The highest BCUT2D eigenvalue weighted by atomic mass is 35.5. The average molecular weight is 491 g/mol. The smallest absolute Gasteiger partial charge is 0.230 e. The molecule has 0 radical (unpaired) electrons. The Bertz CT molecular complexity index is 1210. The summed E-state index contributed by atoms with van der Waals surface area (Å²) >= 11 is 7.27. The largest absolute Gasteiger partial charge is 0.300 e.